The number of hydrogen-bond acceptors (Lipinski definition) is 6. The average molecular weight is 537 g/mol. The first-order valence-electron chi connectivity index (χ1n) is 13.4. The zero-order valence-corrected chi connectivity index (χ0v) is 22.9. The van der Waals surface area contributed by atoms with Gasteiger partial charge in [0.05, 0.1) is 24.1 Å². The third kappa shape index (κ3) is 5.32. The lowest BCUT2D eigenvalue weighted by molar-refractivity contribution is -0.144. The van der Waals surface area contributed by atoms with E-state index in [0.29, 0.717) is 12.8 Å². The van der Waals surface area contributed by atoms with Crippen LogP contribution in [0.5, 0.6) is 0 Å². The van der Waals surface area contributed by atoms with Crippen molar-refractivity contribution >= 4 is 18.2 Å². The molecule has 0 unspecified atom stereocenters. The molecule has 208 valence electrons. The third-order valence-corrected chi connectivity index (χ3v) is 7.94. The van der Waals surface area contributed by atoms with Gasteiger partial charge in [0, 0.05) is 26.1 Å². The number of carboxylic acids is 1. The van der Waals surface area contributed by atoms with Crippen LogP contribution < -0.4 is 0 Å². The number of amides is 2. The van der Waals surface area contributed by atoms with Crippen molar-refractivity contribution < 1.29 is 33.7 Å². The third-order valence-electron chi connectivity index (χ3n) is 7.94. The Morgan fingerprint density at radius 2 is 1.59 bits per heavy atom. The van der Waals surface area contributed by atoms with Gasteiger partial charge in [0.2, 0.25) is 0 Å². The molecule has 2 atom stereocenters. The molecule has 9 nitrogen and oxygen atoms in total. The summed E-state index contributed by atoms with van der Waals surface area (Å²) in [6.07, 6.45) is -0.658. The molecule has 1 heterocycles. The highest BCUT2D eigenvalue weighted by molar-refractivity contribution is 5.80. The molecule has 1 saturated heterocycles. The van der Waals surface area contributed by atoms with Gasteiger partial charge in [-0.2, -0.15) is 0 Å². The summed E-state index contributed by atoms with van der Waals surface area (Å²) in [7, 11) is 1.52. The van der Waals surface area contributed by atoms with Crippen molar-refractivity contribution in [2.24, 2.45) is 5.41 Å². The zero-order valence-electron chi connectivity index (χ0n) is 22.9. The number of rotatable bonds is 7. The maximum atomic E-state index is 13.7. The van der Waals surface area contributed by atoms with E-state index in [-0.39, 0.29) is 32.2 Å². The van der Waals surface area contributed by atoms with Crippen LogP contribution in [0.25, 0.3) is 11.1 Å². The number of carboxylic acid groups (broad SMARTS) is 1. The van der Waals surface area contributed by atoms with Gasteiger partial charge in [-0.05, 0) is 55.9 Å². The van der Waals surface area contributed by atoms with Gasteiger partial charge < -0.3 is 24.2 Å². The van der Waals surface area contributed by atoms with Gasteiger partial charge in [0.15, 0.2) is 0 Å². The van der Waals surface area contributed by atoms with Crippen LogP contribution in [-0.4, -0.2) is 84.2 Å². The lowest BCUT2D eigenvalue weighted by Crippen LogP contribution is -2.51. The van der Waals surface area contributed by atoms with Gasteiger partial charge in [-0.3, -0.25) is 9.69 Å². The Morgan fingerprint density at radius 1 is 1.00 bits per heavy atom. The summed E-state index contributed by atoms with van der Waals surface area (Å²) in [5.74, 6) is -1.06. The number of fused-ring (bicyclic) bond motifs is 3. The standard InChI is InChI=1S/C30H36N2O7/c1-29(2,3)39-27(35)31-15-24(25(16-31)37-4)32(18-30(13-14-30)26(33)34)28(36)38-17-23-21-11-7-5-9-19(21)20-10-6-8-12-22(20)23/h5-12,23-25H,13-18H2,1-4H3,(H,33,34)/t24-,25-/m1/s1. The molecule has 2 aliphatic carbocycles. The Hall–Kier alpha value is -3.59. The fourth-order valence-electron chi connectivity index (χ4n) is 5.67. The Labute approximate surface area is 228 Å². The van der Waals surface area contributed by atoms with E-state index in [0.717, 1.165) is 22.3 Å². The van der Waals surface area contributed by atoms with Crippen molar-refractivity contribution in [3.8, 4) is 11.1 Å². The predicted molar refractivity (Wildman–Crippen MR) is 143 cm³/mol. The summed E-state index contributed by atoms with van der Waals surface area (Å²) in [6, 6.07) is 15.6. The lowest BCUT2D eigenvalue weighted by atomic mass is 9.98. The SMILES string of the molecule is CO[C@@H]1CN(C(=O)OC(C)(C)C)C[C@H]1N(CC1(C(=O)O)CC1)C(=O)OCC1c2ccccc2-c2ccccc21. The molecule has 3 aliphatic rings. The van der Waals surface area contributed by atoms with Crippen molar-refractivity contribution in [3.05, 3.63) is 59.7 Å². The Balaban J connectivity index is 1.37. The van der Waals surface area contributed by atoms with E-state index in [9.17, 15) is 19.5 Å². The first-order chi connectivity index (χ1) is 18.5. The first-order valence-corrected chi connectivity index (χ1v) is 13.4. The first kappa shape index (κ1) is 27.0. The summed E-state index contributed by atoms with van der Waals surface area (Å²) in [5, 5.41) is 9.89. The number of carbonyl (C=O) groups excluding carboxylic acids is 2. The number of likely N-dealkylation sites (tertiary alicyclic amines) is 1. The van der Waals surface area contributed by atoms with Gasteiger partial charge in [-0.25, -0.2) is 9.59 Å². The molecule has 1 N–H and O–H groups in total. The zero-order chi connectivity index (χ0) is 27.9. The van der Waals surface area contributed by atoms with E-state index in [1.54, 1.807) is 20.8 Å². The smallest absolute Gasteiger partial charge is 0.410 e. The number of aliphatic carboxylic acids is 1. The average Bonchev–Trinajstić information content (AvgIpc) is 3.45. The van der Waals surface area contributed by atoms with Crippen molar-refractivity contribution in [2.45, 2.75) is 57.3 Å². The van der Waals surface area contributed by atoms with E-state index in [1.165, 1.54) is 16.9 Å². The second-order valence-electron chi connectivity index (χ2n) is 11.7. The van der Waals surface area contributed by atoms with E-state index in [1.807, 2.05) is 36.4 Å². The number of nitrogens with zero attached hydrogens (tertiary/aromatic N) is 2. The summed E-state index contributed by atoms with van der Waals surface area (Å²) in [4.78, 5) is 41.6. The Morgan fingerprint density at radius 3 is 2.10 bits per heavy atom. The Bertz CT molecular complexity index is 1220. The maximum absolute atomic E-state index is 13.7. The molecule has 0 bridgehead atoms. The van der Waals surface area contributed by atoms with Gasteiger partial charge in [-0.1, -0.05) is 48.5 Å². The molecule has 9 heteroatoms. The number of carbonyl (C=O) groups is 3. The summed E-state index contributed by atoms with van der Waals surface area (Å²) < 4.78 is 17.2. The summed E-state index contributed by atoms with van der Waals surface area (Å²) >= 11 is 0. The van der Waals surface area contributed by atoms with Crippen LogP contribution >= 0.6 is 0 Å². The molecule has 0 aromatic heterocycles. The molecule has 39 heavy (non-hydrogen) atoms. The summed E-state index contributed by atoms with van der Waals surface area (Å²) in [6.45, 7) is 5.86. The molecule has 0 spiro atoms. The van der Waals surface area contributed by atoms with Gasteiger partial charge in [0.1, 0.15) is 12.2 Å². The van der Waals surface area contributed by atoms with Crippen LogP contribution in [0.2, 0.25) is 0 Å². The molecule has 2 fully saturated rings. The fourth-order valence-corrected chi connectivity index (χ4v) is 5.67. The van der Waals surface area contributed by atoms with Crippen molar-refractivity contribution in [1.82, 2.24) is 9.80 Å². The molecule has 1 aliphatic heterocycles. The van der Waals surface area contributed by atoms with Crippen molar-refractivity contribution in [2.75, 3.05) is 33.4 Å². The number of hydrogen-bond donors (Lipinski definition) is 1. The molecule has 2 amide bonds. The van der Waals surface area contributed by atoms with Crippen LogP contribution in [0.4, 0.5) is 9.59 Å². The molecule has 2 aromatic rings. The highest BCUT2D eigenvalue weighted by Crippen LogP contribution is 2.48. The van der Waals surface area contributed by atoms with Crippen LogP contribution in [0.1, 0.15) is 50.7 Å². The molecule has 0 radical (unpaired) electrons. The second kappa shape index (κ2) is 10.2. The molecule has 2 aromatic carbocycles. The summed E-state index contributed by atoms with van der Waals surface area (Å²) in [5.41, 5.74) is 2.74. The molecule has 1 saturated carbocycles. The minimum Gasteiger partial charge on any atom is -0.481 e. The number of benzene rings is 2. The monoisotopic (exact) mass is 536 g/mol. The molecular formula is C30H36N2O7. The lowest BCUT2D eigenvalue weighted by Gasteiger charge is -2.33. The Kier molecular flexibility index (Phi) is 7.05. The second-order valence-corrected chi connectivity index (χ2v) is 11.7. The maximum Gasteiger partial charge on any atom is 0.410 e. The van der Waals surface area contributed by atoms with Crippen LogP contribution in [-0.2, 0) is 19.0 Å². The minimum absolute atomic E-state index is 0.00824. The highest BCUT2D eigenvalue weighted by Gasteiger charge is 2.55. The van der Waals surface area contributed by atoms with Crippen molar-refractivity contribution in [3.63, 3.8) is 0 Å². The van der Waals surface area contributed by atoms with E-state index < -0.39 is 41.3 Å². The molecular weight excluding hydrogens is 500 g/mol. The van der Waals surface area contributed by atoms with Gasteiger partial charge in [0.25, 0.3) is 0 Å². The van der Waals surface area contributed by atoms with Crippen LogP contribution in [0.3, 0.4) is 0 Å². The molecule has 5 rings (SSSR count). The highest BCUT2D eigenvalue weighted by atomic mass is 16.6. The van der Waals surface area contributed by atoms with Gasteiger partial charge in [-0.15, -0.1) is 0 Å². The normalized spacial score (nSPS) is 21.2. The van der Waals surface area contributed by atoms with E-state index in [2.05, 4.69) is 12.1 Å². The largest absolute Gasteiger partial charge is 0.481 e. The topological polar surface area (TPSA) is 106 Å². The van der Waals surface area contributed by atoms with E-state index >= 15 is 0 Å². The van der Waals surface area contributed by atoms with E-state index in [4.69, 9.17) is 14.2 Å². The fraction of sp³-hybridized carbons (Fsp3) is 0.500. The quantitative estimate of drug-likeness (QED) is 0.545. The number of ether oxygens (including phenoxy) is 3. The van der Waals surface area contributed by atoms with Crippen molar-refractivity contribution in [1.29, 1.82) is 0 Å². The minimum atomic E-state index is -1.01. The number of methoxy groups -OCH3 is 1. The van der Waals surface area contributed by atoms with Crippen LogP contribution in [0, 0.1) is 5.41 Å². The van der Waals surface area contributed by atoms with Crippen LogP contribution in [0.15, 0.2) is 48.5 Å². The van der Waals surface area contributed by atoms with Gasteiger partial charge >= 0.3 is 18.2 Å². The predicted octanol–water partition coefficient (Wildman–Crippen LogP) is 4.74.